The van der Waals surface area contributed by atoms with Crippen LogP contribution in [0.15, 0.2) is 48.5 Å². The summed E-state index contributed by atoms with van der Waals surface area (Å²) in [6.45, 7) is 0.857. The zero-order chi connectivity index (χ0) is 12.8. The second-order valence-corrected chi connectivity index (χ2v) is 4.41. The summed E-state index contributed by atoms with van der Waals surface area (Å²) >= 11 is 6.07. The third kappa shape index (κ3) is 3.41. The maximum atomic E-state index is 6.07. The summed E-state index contributed by atoms with van der Waals surface area (Å²) in [6, 6.07) is 15.9. The molecule has 0 bridgehead atoms. The van der Waals surface area contributed by atoms with Gasteiger partial charge in [0.1, 0.15) is 5.75 Å². The molecule has 0 aliphatic rings. The van der Waals surface area contributed by atoms with Gasteiger partial charge >= 0.3 is 0 Å². The molecule has 2 nitrogen and oxygen atoms in total. The lowest BCUT2D eigenvalue weighted by Crippen LogP contribution is -2.05. The Morgan fingerprint density at radius 2 is 1.78 bits per heavy atom. The SMILES string of the molecule is COc1ccc(CCNc2ccccc2Cl)cc1. The van der Waals surface area contributed by atoms with E-state index in [9.17, 15) is 0 Å². The number of rotatable bonds is 5. The van der Waals surface area contributed by atoms with Crippen LogP contribution in [0.3, 0.4) is 0 Å². The fourth-order valence-electron chi connectivity index (χ4n) is 1.74. The van der Waals surface area contributed by atoms with Gasteiger partial charge in [-0.05, 0) is 36.2 Å². The summed E-state index contributed by atoms with van der Waals surface area (Å²) < 4.78 is 5.13. The zero-order valence-corrected chi connectivity index (χ0v) is 11.1. The van der Waals surface area contributed by atoms with Crippen molar-refractivity contribution in [1.82, 2.24) is 0 Å². The molecular weight excluding hydrogens is 246 g/mol. The van der Waals surface area contributed by atoms with Crippen molar-refractivity contribution in [2.45, 2.75) is 6.42 Å². The molecule has 1 N–H and O–H groups in total. The van der Waals surface area contributed by atoms with Crippen molar-refractivity contribution in [2.24, 2.45) is 0 Å². The van der Waals surface area contributed by atoms with Crippen LogP contribution in [0, 0.1) is 0 Å². The molecule has 2 aromatic carbocycles. The Labute approximate surface area is 113 Å². The molecule has 18 heavy (non-hydrogen) atoms. The van der Waals surface area contributed by atoms with E-state index in [1.165, 1.54) is 5.56 Å². The van der Waals surface area contributed by atoms with E-state index < -0.39 is 0 Å². The van der Waals surface area contributed by atoms with Crippen LogP contribution in [0.25, 0.3) is 0 Å². The van der Waals surface area contributed by atoms with Gasteiger partial charge in [-0.1, -0.05) is 35.9 Å². The lowest BCUT2D eigenvalue weighted by atomic mass is 10.1. The van der Waals surface area contributed by atoms with Crippen LogP contribution in [-0.4, -0.2) is 13.7 Å². The van der Waals surface area contributed by atoms with Gasteiger partial charge in [-0.15, -0.1) is 0 Å². The average molecular weight is 262 g/mol. The van der Waals surface area contributed by atoms with Crippen molar-refractivity contribution < 1.29 is 4.74 Å². The number of para-hydroxylation sites is 1. The fraction of sp³-hybridized carbons (Fsp3) is 0.200. The molecule has 2 aromatic rings. The third-order valence-electron chi connectivity index (χ3n) is 2.76. The van der Waals surface area contributed by atoms with Crippen molar-refractivity contribution in [2.75, 3.05) is 19.0 Å². The molecular formula is C15H16ClNO. The number of halogens is 1. The van der Waals surface area contributed by atoms with Crippen molar-refractivity contribution in [1.29, 1.82) is 0 Å². The summed E-state index contributed by atoms with van der Waals surface area (Å²) in [5.41, 5.74) is 2.25. The van der Waals surface area contributed by atoms with E-state index in [0.29, 0.717) is 0 Å². The first-order valence-corrected chi connectivity index (χ1v) is 6.29. The molecule has 0 radical (unpaired) electrons. The van der Waals surface area contributed by atoms with Gasteiger partial charge in [-0.2, -0.15) is 0 Å². The van der Waals surface area contributed by atoms with Crippen molar-refractivity contribution in [3.63, 3.8) is 0 Å². The van der Waals surface area contributed by atoms with Crippen LogP contribution in [0.5, 0.6) is 5.75 Å². The van der Waals surface area contributed by atoms with Crippen LogP contribution >= 0.6 is 11.6 Å². The number of nitrogens with one attached hydrogen (secondary N) is 1. The Hall–Kier alpha value is -1.67. The third-order valence-corrected chi connectivity index (χ3v) is 3.09. The van der Waals surface area contributed by atoms with Crippen LogP contribution < -0.4 is 10.1 Å². The number of hydrogen-bond donors (Lipinski definition) is 1. The van der Waals surface area contributed by atoms with E-state index in [1.54, 1.807) is 7.11 Å². The summed E-state index contributed by atoms with van der Waals surface area (Å²) in [4.78, 5) is 0. The highest BCUT2D eigenvalue weighted by atomic mass is 35.5. The molecule has 0 amide bonds. The summed E-state index contributed by atoms with van der Waals surface area (Å²) in [5, 5.41) is 4.08. The molecule has 0 saturated heterocycles. The van der Waals surface area contributed by atoms with Gasteiger partial charge in [0.05, 0.1) is 17.8 Å². The Morgan fingerprint density at radius 1 is 1.06 bits per heavy atom. The number of anilines is 1. The molecule has 94 valence electrons. The predicted molar refractivity (Wildman–Crippen MR) is 76.6 cm³/mol. The van der Waals surface area contributed by atoms with Crippen molar-refractivity contribution >= 4 is 17.3 Å². The summed E-state index contributed by atoms with van der Waals surface area (Å²) in [7, 11) is 1.67. The van der Waals surface area contributed by atoms with Crippen LogP contribution in [0.1, 0.15) is 5.56 Å². The molecule has 2 rings (SSSR count). The molecule has 0 spiro atoms. The summed E-state index contributed by atoms with van der Waals surface area (Å²) in [6.07, 6.45) is 0.954. The molecule has 0 aromatic heterocycles. The standard InChI is InChI=1S/C15H16ClNO/c1-18-13-8-6-12(7-9-13)10-11-17-15-5-3-2-4-14(15)16/h2-9,17H,10-11H2,1H3. The van der Waals surface area contributed by atoms with E-state index in [2.05, 4.69) is 17.4 Å². The Bertz CT molecular complexity index is 496. The average Bonchev–Trinajstić information content (AvgIpc) is 2.42. The molecule has 0 fully saturated rings. The van der Waals surface area contributed by atoms with Gasteiger partial charge in [0.2, 0.25) is 0 Å². The van der Waals surface area contributed by atoms with Crippen LogP contribution in [-0.2, 0) is 6.42 Å². The second kappa shape index (κ2) is 6.31. The minimum atomic E-state index is 0.757. The molecule has 0 heterocycles. The van der Waals surface area contributed by atoms with Gasteiger partial charge in [0.25, 0.3) is 0 Å². The first-order chi connectivity index (χ1) is 8.79. The van der Waals surface area contributed by atoms with Crippen LogP contribution in [0.2, 0.25) is 5.02 Å². The number of ether oxygens (including phenoxy) is 1. The lowest BCUT2D eigenvalue weighted by molar-refractivity contribution is 0.414. The topological polar surface area (TPSA) is 21.3 Å². The predicted octanol–water partition coefficient (Wildman–Crippen LogP) is 4.00. The minimum Gasteiger partial charge on any atom is -0.497 e. The molecule has 0 aliphatic carbocycles. The van der Waals surface area contributed by atoms with Gasteiger partial charge in [-0.3, -0.25) is 0 Å². The highest BCUT2D eigenvalue weighted by molar-refractivity contribution is 6.33. The van der Waals surface area contributed by atoms with E-state index in [1.807, 2.05) is 36.4 Å². The monoisotopic (exact) mass is 261 g/mol. The molecule has 3 heteroatoms. The first kappa shape index (κ1) is 12.8. The number of benzene rings is 2. The molecule has 0 atom stereocenters. The van der Waals surface area contributed by atoms with Gasteiger partial charge in [0, 0.05) is 6.54 Å². The number of hydrogen-bond acceptors (Lipinski definition) is 2. The fourth-order valence-corrected chi connectivity index (χ4v) is 1.94. The molecule has 0 aliphatic heterocycles. The smallest absolute Gasteiger partial charge is 0.118 e. The van der Waals surface area contributed by atoms with Crippen molar-refractivity contribution in [3.05, 3.63) is 59.1 Å². The van der Waals surface area contributed by atoms with Gasteiger partial charge in [0.15, 0.2) is 0 Å². The maximum Gasteiger partial charge on any atom is 0.118 e. The molecule has 0 unspecified atom stereocenters. The first-order valence-electron chi connectivity index (χ1n) is 5.91. The molecule has 0 saturated carbocycles. The highest BCUT2D eigenvalue weighted by Crippen LogP contribution is 2.20. The second-order valence-electron chi connectivity index (χ2n) is 4.00. The lowest BCUT2D eigenvalue weighted by Gasteiger charge is -2.08. The Kier molecular flexibility index (Phi) is 4.48. The zero-order valence-electron chi connectivity index (χ0n) is 10.3. The van der Waals surface area contributed by atoms with E-state index in [4.69, 9.17) is 16.3 Å². The Morgan fingerprint density at radius 3 is 2.44 bits per heavy atom. The van der Waals surface area contributed by atoms with Crippen molar-refractivity contribution in [3.8, 4) is 5.75 Å². The van der Waals surface area contributed by atoms with Gasteiger partial charge < -0.3 is 10.1 Å². The largest absolute Gasteiger partial charge is 0.497 e. The normalized spacial score (nSPS) is 10.1. The quantitative estimate of drug-likeness (QED) is 0.878. The van der Waals surface area contributed by atoms with E-state index in [0.717, 1.165) is 29.4 Å². The highest BCUT2D eigenvalue weighted by Gasteiger charge is 1.98. The van der Waals surface area contributed by atoms with E-state index >= 15 is 0 Å². The van der Waals surface area contributed by atoms with Crippen LogP contribution in [0.4, 0.5) is 5.69 Å². The summed E-state index contributed by atoms with van der Waals surface area (Å²) in [5.74, 6) is 0.887. The Balaban J connectivity index is 1.86. The van der Waals surface area contributed by atoms with Gasteiger partial charge in [-0.25, -0.2) is 0 Å². The van der Waals surface area contributed by atoms with E-state index in [-0.39, 0.29) is 0 Å². The number of methoxy groups -OCH3 is 1. The minimum absolute atomic E-state index is 0.757. The maximum absolute atomic E-state index is 6.07.